The van der Waals surface area contributed by atoms with Crippen LogP contribution in [0.1, 0.15) is 48.9 Å². The fourth-order valence-electron chi connectivity index (χ4n) is 3.99. The van der Waals surface area contributed by atoms with E-state index in [4.69, 9.17) is 4.74 Å². The summed E-state index contributed by atoms with van der Waals surface area (Å²) in [6, 6.07) is 4.27. The van der Waals surface area contributed by atoms with E-state index >= 15 is 0 Å². The minimum atomic E-state index is -0.628. The minimum Gasteiger partial charge on any atom is -0.484 e. The van der Waals surface area contributed by atoms with Crippen LogP contribution in [0.4, 0.5) is 5.69 Å². The number of hydrazine groups is 1. The third kappa shape index (κ3) is 4.19. The van der Waals surface area contributed by atoms with Gasteiger partial charge in [0.1, 0.15) is 5.75 Å². The summed E-state index contributed by atoms with van der Waals surface area (Å²) in [4.78, 5) is 33.4. The van der Waals surface area contributed by atoms with Gasteiger partial charge in [-0.2, -0.15) is 0 Å². The molecule has 26 heavy (non-hydrogen) atoms. The first kappa shape index (κ1) is 18.3. The predicted molar refractivity (Wildman–Crippen MR) is 93.8 cm³/mol. The van der Waals surface area contributed by atoms with Crippen molar-refractivity contribution in [1.29, 1.82) is 0 Å². The molecule has 2 unspecified atom stereocenters. The molecule has 2 aliphatic rings. The lowest BCUT2D eigenvalue weighted by Crippen LogP contribution is -2.55. The van der Waals surface area contributed by atoms with Crippen molar-refractivity contribution in [3.63, 3.8) is 0 Å². The molecule has 1 N–H and O–H groups in total. The van der Waals surface area contributed by atoms with Crippen LogP contribution in [-0.2, 0) is 4.79 Å². The third-order valence-corrected chi connectivity index (χ3v) is 5.20. The third-order valence-electron chi connectivity index (χ3n) is 5.20. The summed E-state index contributed by atoms with van der Waals surface area (Å²) in [5.74, 6) is 0.646. The average Bonchev–Trinajstić information content (AvgIpc) is 2.66. The van der Waals surface area contributed by atoms with Crippen molar-refractivity contribution >= 4 is 17.9 Å². The highest BCUT2D eigenvalue weighted by Crippen LogP contribution is 2.34. The summed E-state index contributed by atoms with van der Waals surface area (Å²) >= 11 is 0. The zero-order chi connectivity index (χ0) is 18.5. The van der Waals surface area contributed by atoms with Crippen molar-refractivity contribution < 1.29 is 19.2 Å². The molecule has 1 aromatic rings. The second-order valence-corrected chi connectivity index (χ2v) is 6.87. The van der Waals surface area contributed by atoms with Gasteiger partial charge < -0.3 is 4.74 Å². The molecule has 0 aromatic heterocycles. The van der Waals surface area contributed by atoms with Gasteiger partial charge in [-0.15, -0.1) is 0 Å². The van der Waals surface area contributed by atoms with Crippen molar-refractivity contribution in [3.05, 3.63) is 33.9 Å². The first-order valence-corrected chi connectivity index (χ1v) is 9.01. The number of nitro groups is 1. The number of carbonyl (C=O) groups excluding carboxylic acids is 2. The summed E-state index contributed by atoms with van der Waals surface area (Å²) in [6.45, 7) is 0.643. The van der Waals surface area contributed by atoms with Crippen molar-refractivity contribution in [2.45, 2.75) is 44.6 Å². The number of nitrogens with zero attached hydrogens (tertiary/aromatic N) is 2. The van der Waals surface area contributed by atoms with Gasteiger partial charge in [-0.05, 0) is 43.7 Å². The van der Waals surface area contributed by atoms with Crippen LogP contribution in [0.25, 0.3) is 0 Å². The molecule has 0 spiro atoms. The largest absolute Gasteiger partial charge is 0.484 e. The van der Waals surface area contributed by atoms with E-state index in [0.29, 0.717) is 18.2 Å². The number of carbonyl (C=O) groups is 2. The van der Waals surface area contributed by atoms with Gasteiger partial charge in [0, 0.05) is 18.7 Å². The van der Waals surface area contributed by atoms with Crippen LogP contribution in [-0.4, -0.2) is 41.3 Å². The molecule has 3 rings (SSSR count). The van der Waals surface area contributed by atoms with E-state index < -0.39 is 4.92 Å². The number of fused-ring (bicyclic) bond motifs is 1. The maximum Gasteiger partial charge on any atom is 0.280 e. The van der Waals surface area contributed by atoms with Crippen molar-refractivity contribution in [2.24, 2.45) is 5.92 Å². The minimum absolute atomic E-state index is 0.0750. The number of aldehydes is 1. The Hall–Kier alpha value is -2.48. The molecule has 1 aliphatic heterocycles. The fourth-order valence-corrected chi connectivity index (χ4v) is 3.99. The summed E-state index contributed by atoms with van der Waals surface area (Å²) in [6.07, 6.45) is 7.51. The Balaban J connectivity index is 1.55. The van der Waals surface area contributed by atoms with Gasteiger partial charge in [0.2, 0.25) is 0 Å². The molecule has 1 saturated heterocycles. The summed E-state index contributed by atoms with van der Waals surface area (Å²) in [7, 11) is 0. The van der Waals surface area contributed by atoms with E-state index in [9.17, 15) is 19.7 Å². The first-order valence-electron chi connectivity index (χ1n) is 9.01. The van der Waals surface area contributed by atoms with Gasteiger partial charge in [0.15, 0.2) is 12.9 Å². The lowest BCUT2D eigenvalue weighted by Gasteiger charge is -2.43. The maximum atomic E-state index is 12.2. The highest BCUT2D eigenvalue weighted by atomic mass is 16.6. The number of benzene rings is 1. The molecule has 8 nitrogen and oxygen atoms in total. The Kier molecular flexibility index (Phi) is 5.82. The van der Waals surface area contributed by atoms with Crippen LogP contribution in [0.5, 0.6) is 5.75 Å². The number of ether oxygens (including phenoxy) is 1. The van der Waals surface area contributed by atoms with E-state index in [1.54, 1.807) is 0 Å². The predicted octanol–water partition coefficient (Wildman–Crippen LogP) is 2.47. The SMILES string of the molecule is O=Cc1cc(OCC(=O)NN2CCCC3CCCCC32)ccc1[N+](=O)[O-]. The van der Waals surface area contributed by atoms with E-state index in [1.807, 2.05) is 5.01 Å². The van der Waals surface area contributed by atoms with E-state index in [2.05, 4.69) is 5.43 Å². The van der Waals surface area contributed by atoms with Gasteiger partial charge in [0.05, 0.1) is 10.5 Å². The Morgan fingerprint density at radius 3 is 2.85 bits per heavy atom. The number of rotatable bonds is 6. The smallest absolute Gasteiger partial charge is 0.280 e. The Bertz CT molecular complexity index is 691. The van der Waals surface area contributed by atoms with Crippen molar-refractivity contribution in [3.8, 4) is 5.75 Å². The molecule has 1 saturated carbocycles. The molecule has 1 aromatic carbocycles. The average molecular weight is 361 g/mol. The second kappa shape index (κ2) is 8.27. The molecule has 0 bridgehead atoms. The summed E-state index contributed by atoms with van der Waals surface area (Å²) in [5, 5.41) is 12.9. The molecule has 0 radical (unpaired) electrons. The normalized spacial score (nSPS) is 22.9. The van der Waals surface area contributed by atoms with Crippen molar-refractivity contribution in [2.75, 3.05) is 13.2 Å². The molecule has 1 aliphatic carbocycles. The molecule has 8 heteroatoms. The van der Waals surface area contributed by atoms with Crippen molar-refractivity contribution in [1.82, 2.24) is 10.4 Å². The number of hydrogen-bond acceptors (Lipinski definition) is 6. The molecule has 1 heterocycles. The van der Waals surface area contributed by atoms with Gasteiger partial charge in [0.25, 0.3) is 11.6 Å². The number of amides is 1. The fraction of sp³-hybridized carbons (Fsp3) is 0.556. The Morgan fingerprint density at radius 2 is 2.08 bits per heavy atom. The van der Waals surface area contributed by atoms with E-state index in [-0.39, 0.29) is 29.5 Å². The van der Waals surface area contributed by atoms with Crippen LogP contribution in [0, 0.1) is 16.0 Å². The Labute approximate surface area is 151 Å². The molecule has 2 atom stereocenters. The molecular weight excluding hydrogens is 338 g/mol. The van der Waals surface area contributed by atoms with Crippen LogP contribution >= 0.6 is 0 Å². The lowest BCUT2D eigenvalue weighted by atomic mass is 9.79. The number of hydrogen-bond donors (Lipinski definition) is 1. The Morgan fingerprint density at radius 1 is 1.31 bits per heavy atom. The van der Waals surface area contributed by atoms with Gasteiger partial charge >= 0.3 is 0 Å². The highest BCUT2D eigenvalue weighted by molar-refractivity contribution is 5.82. The van der Waals surface area contributed by atoms with Gasteiger partial charge in [-0.25, -0.2) is 5.01 Å². The van der Waals surface area contributed by atoms with Crippen LogP contribution in [0.15, 0.2) is 18.2 Å². The zero-order valence-corrected chi connectivity index (χ0v) is 14.6. The van der Waals surface area contributed by atoms with Gasteiger partial charge in [-0.3, -0.25) is 25.1 Å². The topological polar surface area (TPSA) is 102 Å². The van der Waals surface area contributed by atoms with Gasteiger partial charge in [-0.1, -0.05) is 12.8 Å². The lowest BCUT2D eigenvalue weighted by molar-refractivity contribution is -0.385. The standard InChI is InChI=1S/C18H23N3O5/c22-11-14-10-15(7-8-17(14)21(24)25)26-12-18(23)19-20-9-3-5-13-4-1-2-6-16(13)20/h7-8,10-11,13,16H,1-6,9,12H2,(H,19,23). The summed E-state index contributed by atoms with van der Waals surface area (Å²) < 4.78 is 5.40. The van der Waals surface area contributed by atoms with Crippen LogP contribution in [0.2, 0.25) is 0 Å². The second-order valence-electron chi connectivity index (χ2n) is 6.87. The highest BCUT2D eigenvalue weighted by Gasteiger charge is 2.34. The van der Waals surface area contributed by atoms with E-state index in [1.165, 1.54) is 43.9 Å². The quantitative estimate of drug-likeness (QED) is 0.474. The molecule has 1 amide bonds. The maximum absolute atomic E-state index is 12.2. The first-order chi connectivity index (χ1) is 12.6. The number of piperidine rings is 1. The monoisotopic (exact) mass is 361 g/mol. The molecule has 2 fully saturated rings. The molecule has 140 valence electrons. The van der Waals surface area contributed by atoms with Crippen LogP contribution < -0.4 is 10.2 Å². The number of nitro benzene ring substituents is 1. The zero-order valence-electron chi connectivity index (χ0n) is 14.6. The van der Waals surface area contributed by atoms with Crippen LogP contribution in [0.3, 0.4) is 0 Å². The van der Waals surface area contributed by atoms with E-state index in [0.717, 1.165) is 19.4 Å². The molecular formula is C18H23N3O5. The number of nitrogens with one attached hydrogen (secondary N) is 1. The summed E-state index contributed by atoms with van der Waals surface area (Å²) in [5.41, 5.74) is 2.58.